The predicted octanol–water partition coefficient (Wildman–Crippen LogP) is 8.91. The SMILES string of the molecule is COC1CCC2(CC1)NC(=O)C(Cl)(c1c(C)cc(Cl)c(Cl)c1C)C2O.COC1CCC2(CC1)NC(=O)C(c1c(C)cc(Cl)c(Cl)c1C)=C2O.O=S(=O)(Cl)Cl. The third-order valence-electron chi connectivity index (χ3n) is 11.1. The highest BCUT2D eigenvalue weighted by atomic mass is 36.0. The molecule has 300 valence electrons. The van der Waals surface area contributed by atoms with Crippen molar-refractivity contribution >= 4 is 105 Å². The number of aliphatic hydroxyl groups excluding tert-OH is 2. The Morgan fingerprint density at radius 2 is 1.22 bits per heavy atom. The molecule has 3 fully saturated rings. The molecule has 0 aromatic heterocycles. The maximum absolute atomic E-state index is 12.9. The van der Waals surface area contributed by atoms with E-state index < -0.39 is 30.3 Å². The lowest BCUT2D eigenvalue weighted by atomic mass is 9.73. The van der Waals surface area contributed by atoms with E-state index in [0.29, 0.717) is 73.6 Å². The molecule has 2 aromatic carbocycles. The minimum absolute atomic E-state index is 0.117. The molecule has 2 atom stereocenters. The maximum atomic E-state index is 12.9. The molecular formula is C36H43Cl7N2O8S. The van der Waals surface area contributed by atoms with Crippen LogP contribution in [-0.4, -0.2) is 74.1 Å². The number of alkyl halides is 1. The molecule has 2 saturated carbocycles. The Kier molecular flexibility index (Phi) is 14.6. The molecule has 2 amide bonds. The van der Waals surface area contributed by atoms with Gasteiger partial charge >= 0.3 is 8.26 Å². The van der Waals surface area contributed by atoms with Crippen LogP contribution in [-0.2, 0) is 32.2 Å². The Balaban J connectivity index is 0.000000214. The summed E-state index contributed by atoms with van der Waals surface area (Å²) in [6.07, 6.45) is 4.94. The molecule has 2 spiro atoms. The zero-order valence-electron chi connectivity index (χ0n) is 30.4. The van der Waals surface area contributed by atoms with Crippen LogP contribution in [0.15, 0.2) is 17.9 Å². The van der Waals surface area contributed by atoms with Crippen molar-refractivity contribution in [1.29, 1.82) is 0 Å². The van der Waals surface area contributed by atoms with Crippen LogP contribution >= 0.6 is 79.4 Å². The normalized spacial score (nSPS) is 29.4. The summed E-state index contributed by atoms with van der Waals surface area (Å²) in [6, 6.07) is 3.41. The van der Waals surface area contributed by atoms with Gasteiger partial charge in [-0.05, 0) is 125 Å². The van der Waals surface area contributed by atoms with E-state index in [4.69, 9.17) is 75.9 Å². The number of hydrogen-bond donors (Lipinski definition) is 4. The molecule has 2 aliphatic carbocycles. The van der Waals surface area contributed by atoms with Gasteiger partial charge in [0.05, 0.1) is 48.9 Å². The number of carbonyl (C=O) groups excluding carboxylic acids is 2. The maximum Gasteiger partial charge on any atom is 0.317 e. The summed E-state index contributed by atoms with van der Waals surface area (Å²) < 4.78 is 29.1. The van der Waals surface area contributed by atoms with E-state index >= 15 is 0 Å². The number of rotatable bonds is 4. The molecule has 6 rings (SSSR count). The summed E-state index contributed by atoms with van der Waals surface area (Å²) >= 11 is 31.6. The van der Waals surface area contributed by atoms with Crippen LogP contribution in [0.2, 0.25) is 20.1 Å². The van der Waals surface area contributed by atoms with Gasteiger partial charge in [-0.2, -0.15) is 8.42 Å². The number of benzene rings is 2. The highest BCUT2D eigenvalue weighted by Gasteiger charge is 2.63. The molecule has 4 N–H and O–H groups in total. The molecule has 2 unspecified atom stereocenters. The first kappa shape index (κ1) is 45.5. The average molecular weight is 912 g/mol. The summed E-state index contributed by atoms with van der Waals surface area (Å²) in [5.74, 6) is -0.526. The summed E-state index contributed by atoms with van der Waals surface area (Å²) in [7, 11) is 8.19. The van der Waals surface area contributed by atoms with Gasteiger partial charge in [-0.25, -0.2) is 0 Å². The van der Waals surface area contributed by atoms with Crippen LogP contribution in [0.3, 0.4) is 0 Å². The van der Waals surface area contributed by atoms with E-state index in [-0.39, 0.29) is 29.8 Å². The van der Waals surface area contributed by atoms with Crippen LogP contribution in [0, 0.1) is 27.7 Å². The van der Waals surface area contributed by atoms with E-state index in [9.17, 15) is 19.8 Å². The third kappa shape index (κ3) is 8.92. The fraction of sp³-hybridized carbons (Fsp3) is 0.556. The van der Waals surface area contributed by atoms with Gasteiger partial charge in [0.1, 0.15) is 11.9 Å². The van der Waals surface area contributed by atoms with Crippen molar-refractivity contribution in [2.45, 2.75) is 113 Å². The second kappa shape index (κ2) is 17.3. The van der Waals surface area contributed by atoms with Crippen molar-refractivity contribution in [3.05, 3.63) is 71.4 Å². The zero-order valence-corrected chi connectivity index (χ0v) is 36.5. The minimum atomic E-state index is -3.72. The largest absolute Gasteiger partial charge is 0.509 e. The Hall–Kier alpha value is -1.22. The molecular weight excluding hydrogens is 869 g/mol. The number of nitrogens with one attached hydrogen (secondary N) is 2. The fourth-order valence-corrected chi connectivity index (χ4v) is 9.70. The minimum Gasteiger partial charge on any atom is -0.509 e. The lowest BCUT2D eigenvalue weighted by Crippen LogP contribution is -2.53. The van der Waals surface area contributed by atoms with Crippen LogP contribution < -0.4 is 10.6 Å². The number of halogens is 7. The van der Waals surface area contributed by atoms with Gasteiger partial charge in [0.15, 0.2) is 4.87 Å². The molecule has 2 aromatic rings. The molecule has 18 heteroatoms. The standard InChI is InChI=1S/C18H22Cl3NO3.C18H21Cl2NO3.Cl2O2S/c1-9-8-12(19)14(20)10(2)13(9)18(21)15(23)17(22-16(18)24)6-4-11(25-3)5-7-17;1-9-8-12(19)15(20)10(2)13(9)14-16(22)18(21-17(14)23)6-4-11(24-3)5-7-18;1-5(2,3)4/h8,11,15,23H,4-7H2,1-3H3,(H,22,24);8,11,22H,4-7H2,1-3H3,(H,21,23);. The molecule has 4 aliphatic rings. The van der Waals surface area contributed by atoms with Crippen molar-refractivity contribution in [2.24, 2.45) is 0 Å². The topological polar surface area (TPSA) is 151 Å². The van der Waals surface area contributed by atoms with Crippen LogP contribution in [0.5, 0.6) is 0 Å². The summed E-state index contributed by atoms with van der Waals surface area (Å²) in [6.45, 7) is 7.27. The summed E-state index contributed by atoms with van der Waals surface area (Å²) in [4.78, 5) is 24.0. The van der Waals surface area contributed by atoms with Crippen molar-refractivity contribution in [1.82, 2.24) is 10.6 Å². The molecule has 0 bridgehead atoms. The molecule has 10 nitrogen and oxygen atoms in total. The van der Waals surface area contributed by atoms with Crippen LogP contribution in [0.4, 0.5) is 0 Å². The van der Waals surface area contributed by atoms with Gasteiger partial charge < -0.3 is 30.3 Å². The van der Waals surface area contributed by atoms with E-state index in [1.54, 1.807) is 33.3 Å². The molecule has 0 radical (unpaired) electrons. The quantitative estimate of drug-likeness (QED) is 0.176. The molecule has 54 heavy (non-hydrogen) atoms. The zero-order chi connectivity index (χ0) is 40.7. The van der Waals surface area contributed by atoms with Crippen molar-refractivity contribution in [3.63, 3.8) is 0 Å². The second-order valence-corrected chi connectivity index (χ2v) is 20.0. The fourth-order valence-electron chi connectivity index (χ4n) is 8.25. The van der Waals surface area contributed by atoms with Crippen LogP contribution in [0.1, 0.15) is 84.7 Å². The average Bonchev–Trinajstić information content (AvgIpc) is 3.43. The van der Waals surface area contributed by atoms with E-state index in [1.807, 2.05) is 20.8 Å². The van der Waals surface area contributed by atoms with Gasteiger partial charge in [-0.1, -0.05) is 46.4 Å². The lowest BCUT2D eigenvalue weighted by molar-refractivity contribution is -0.122. The molecule has 2 heterocycles. The number of amides is 2. The first-order chi connectivity index (χ1) is 25.0. The van der Waals surface area contributed by atoms with Gasteiger partial charge in [-0.3, -0.25) is 9.59 Å². The Morgan fingerprint density at radius 3 is 1.70 bits per heavy atom. The molecule has 1 saturated heterocycles. The van der Waals surface area contributed by atoms with Crippen molar-refractivity contribution in [3.8, 4) is 0 Å². The van der Waals surface area contributed by atoms with Gasteiger partial charge in [0.25, 0.3) is 5.91 Å². The Labute approximate surface area is 350 Å². The third-order valence-corrected chi connectivity index (χ3v) is 13.4. The summed E-state index contributed by atoms with van der Waals surface area (Å²) in [5.41, 5.74) is 2.99. The number of aliphatic hydroxyl groups is 2. The lowest BCUT2D eigenvalue weighted by Gasteiger charge is -2.40. The number of methoxy groups -OCH3 is 2. The number of carbonyl (C=O) groups is 2. The Morgan fingerprint density at radius 1 is 0.778 bits per heavy atom. The van der Waals surface area contributed by atoms with Crippen molar-refractivity contribution < 1.29 is 37.7 Å². The monoisotopic (exact) mass is 908 g/mol. The van der Waals surface area contributed by atoms with E-state index in [0.717, 1.165) is 36.8 Å². The van der Waals surface area contributed by atoms with Gasteiger partial charge in [-0.15, -0.1) is 11.6 Å². The smallest absolute Gasteiger partial charge is 0.317 e. The van der Waals surface area contributed by atoms with Crippen molar-refractivity contribution in [2.75, 3.05) is 14.2 Å². The second-order valence-electron chi connectivity index (χ2n) is 14.2. The highest BCUT2D eigenvalue weighted by molar-refractivity contribution is 8.31. The first-order valence-corrected chi connectivity index (χ1v) is 22.1. The van der Waals surface area contributed by atoms with E-state index in [1.165, 1.54) is 0 Å². The van der Waals surface area contributed by atoms with E-state index in [2.05, 4.69) is 32.0 Å². The summed E-state index contributed by atoms with van der Waals surface area (Å²) in [5, 5.41) is 29.7. The number of ether oxygens (including phenoxy) is 2. The number of aryl methyl sites for hydroxylation is 2. The van der Waals surface area contributed by atoms with Crippen LogP contribution in [0.25, 0.3) is 5.57 Å². The van der Waals surface area contributed by atoms with Gasteiger partial charge in [0.2, 0.25) is 5.91 Å². The first-order valence-electron chi connectivity index (χ1n) is 17.0. The molecule has 2 aliphatic heterocycles. The Bertz CT molecular complexity index is 1940. The number of hydrogen-bond acceptors (Lipinski definition) is 8. The van der Waals surface area contributed by atoms with Gasteiger partial charge in [0, 0.05) is 35.6 Å². The predicted molar refractivity (Wildman–Crippen MR) is 216 cm³/mol. The highest BCUT2D eigenvalue weighted by Crippen LogP contribution is 2.51.